The Bertz CT molecular complexity index is 1140. The second kappa shape index (κ2) is 11.2. The van der Waals surface area contributed by atoms with Crippen LogP contribution >= 0.6 is 0 Å². The van der Waals surface area contributed by atoms with Crippen LogP contribution in [0, 0.1) is 5.82 Å². The van der Waals surface area contributed by atoms with Crippen LogP contribution in [0.3, 0.4) is 0 Å². The van der Waals surface area contributed by atoms with Crippen LogP contribution in [0.2, 0.25) is 0 Å². The summed E-state index contributed by atoms with van der Waals surface area (Å²) in [6.07, 6.45) is 0.910. The number of carbonyl (C=O) groups excluding carboxylic acids is 1. The molecular weight excluding hydrogens is 417 g/mol. The van der Waals surface area contributed by atoms with Gasteiger partial charge in [0.05, 0.1) is 6.54 Å². The molecule has 4 aromatic rings. The number of carbonyl (C=O) groups is 1. The van der Waals surface area contributed by atoms with Crippen LogP contribution in [0.4, 0.5) is 4.39 Å². The molecule has 1 aromatic heterocycles. The van der Waals surface area contributed by atoms with Crippen LogP contribution in [0.1, 0.15) is 32.9 Å². The van der Waals surface area contributed by atoms with Crippen molar-refractivity contribution in [3.63, 3.8) is 0 Å². The average Bonchev–Trinajstić information content (AvgIpc) is 3.32. The zero-order valence-corrected chi connectivity index (χ0v) is 18.3. The molecule has 0 saturated heterocycles. The van der Waals surface area contributed by atoms with Crippen LogP contribution in [0.25, 0.3) is 0 Å². The van der Waals surface area contributed by atoms with Gasteiger partial charge in [-0.15, -0.1) is 0 Å². The number of halogens is 1. The molecule has 0 radical (unpaired) electrons. The monoisotopic (exact) mass is 443 g/mol. The number of nitrogens with one attached hydrogen (secondary N) is 1. The first-order valence-electron chi connectivity index (χ1n) is 10.9. The van der Waals surface area contributed by atoms with Crippen LogP contribution < -0.4 is 5.32 Å². The molecule has 0 spiro atoms. The van der Waals surface area contributed by atoms with Gasteiger partial charge in [-0.05, 0) is 35.2 Å². The second-order valence-corrected chi connectivity index (χ2v) is 7.92. The van der Waals surface area contributed by atoms with E-state index >= 15 is 0 Å². The van der Waals surface area contributed by atoms with Gasteiger partial charge in [0.25, 0.3) is 5.91 Å². The lowest BCUT2D eigenvalue weighted by Gasteiger charge is -2.21. The van der Waals surface area contributed by atoms with Gasteiger partial charge < -0.3 is 9.84 Å². The van der Waals surface area contributed by atoms with Gasteiger partial charge in [-0.3, -0.25) is 9.69 Å². The Balaban J connectivity index is 1.38. The van der Waals surface area contributed by atoms with Gasteiger partial charge in [-0.1, -0.05) is 78.0 Å². The van der Waals surface area contributed by atoms with Gasteiger partial charge in [0, 0.05) is 25.7 Å². The van der Waals surface area contributed by atoms with E-state index in [1.165, 1.54) is 23.3 Å². The highest BCUT2D eigenvalue weighted by Gasteiger charge is 2.15. The third kappa shape index (κ3) is 6.85. The minimum atomic E-state index is -0.326. The van der Waals surface area contributed by atoms with Crippen molar-refractivity contribution in [2.45, 2.75) is 26.1 Å². The van der Waals surface area contributed by atoms with Gasteiger partial charge in [0.1, 0.15) is 5.82 Å². The molecule has 1 heterocycles. The maximum Gasteiger partial charge on any atom is 0.273 e. The lowest BCUT2D eigenvalue weighted by molar-refractivity contribution is 0.0941. The summed E-state index contributed by atoms with van der Waals surface area (Å²) in [5.74, 6) is -0.00214. The molecule has 0 aliphatic heterocycles. The van der Waals surface area contributed by atoms with E-state index in [9.17, 15) is 9.18 Å². The van der Waals surface area contributed by atoms with E-state index in [1.807, 2.05) is 36.4 Å². The third-order valence-electron chi connectivity index (χ3n) is 5.35. The predicted octanol–water partition coefficient (Wildman–Crippen LogP) is 4.99. The van der Waals surface area contributed by atoms with Crippen molar-refractivity contribution in [3.05, 3.63) is 125 Å². The van der Waals surface area contributed by atoms with Crippen LogP contribution in [-0.4, -0.2) is 22.5 Å². The van der Waals surface area contributed by atoms with Gasteiger partial charge in [-0.2, -0.15) is 0 Å². The molecule has 33 heavy (non-hydrogen) atoms. The van der Waals surface area contributed by atoms with Gasteiger partial charge in [0.15, 0.2) is 11.5 Å². The second-order valence-electron chi connectivity index (χ2n) is 7.92. The Morgan fingerprint density at radius 2 is 1.52 bits per heavy atom. The summed E-state index contributed by atoms with van der Waals surface area (Å²) in [7, 11) is 0. The van der Waals surface area contributed by atoms with Crippen molar-refractivity contribution < 1.29 is 13.7 Å². The number of amides is 1. The van der Waals surface area contributed by atoms with E-state index in [2.05, 4.69) is 39.6 Å². The minimum absolute atomic E-state index is 0.231. The van der Waals surface area contributed by atoms with Gasteiger partial charge in [-0.25, -0.2) is 4.39 Å². The fourth-order valence-corrected chi connectivity index (χ4v) is 3.58. The molecule has 1 amide bonds. The van der Waals surface area contributed by atoms with Crippen molar-refractivity contribution in [1.82, 2.24) is 15.4 Å². The number of rotatable bonds is 10. The summed E-state index contributed by atoms with van der Waals surface area (Å²) >= 11 is 0. The summed E-state index contributed by atoms with van der Waals surface area (Å²) in [6.45, 7) is 2.44. The third-order valence-corrected chi connectivity index (χ3v) is 5.35. The van der Waals surface area contributed by atoms with Crippen molar-refractivity contribution in [1.29, 1.82) is 0 Å². The van der Waals surface area contributed by atoms with E-state index in [4.69, 9.17) is 4.52 Å². The SMILES string of the molecule is O=C(NCc1ccc(F)cc1)c1cc(CN(CCc2ccccc2)Cc2ccccc2)on1. The fraction of sp³-hybridized carbons (Fsp3) is 0.185. The highest BCUT2D eigenvalue weighted by molar-refractivity contribution is 5.92. The lowest BCUT2D eigenvalue weighted by atomic mass is 10.1. The number of benzene rings is 3. The van der Waals surface area contributed by atoms with Crippen molar-refractivity contribution >= 4 is 5.91 Å². The normalized spacial score (nSPS) is 11.0. The molecule has 6 heteroatoms. The van der Waals surface area contributed by atoms with Crippen LogP contribution in [-0.2, 0) is 26.1 Å². The Morgan fingerprint density at radius 3 is 2.21 bits per heavy atom. The van der Waals surface area contributed by atoms with Crippen LogP contribution in [0.15, 0.2) is 95.5 Å². The lowest BCUT2D eigenvalue weighted by Crippen LogP contribution is -2.25. The number of hydrogen-bond acceptors (Lipinski definition) is 4. The molecule has 1 N–H and O–H groups in total. The Morgan fingerprint density at radius 1 is 0.848 bits per heavy atom. The maximum atomic E-state index is 13.0. The van der Waals surface area contributed by atoms with E-state index in [0.717, 1.165) is 25.1 Å². The molecule has 0 fully saturated rings. The Labute approximate surface area is 192 Å². The average molecular weight is 444 g/mol. The first-order chi connectivity index (χ1) is 16.2. The number of nitrogens with zero attached hydrogens (tertiary/aromatic N) is 2. The summed E-state index contributed by atoms with van der Waals surface area (Å²) in [5, 5.41) is 6.74. The standard InChI is InChI=1S/C27H26FN3O2/c28-24-13-11-22(12-14-24)18-29-27(32)26-17-25(33-30-26)20-31(19-23-9-5-2-6-10-23)16-15-21-7-3-1-4-8-21/h1-14,17H,15-16,18-20H2,(H,29,32). The number of aromatic nitrogens is 1. The van der Waals surface area contributed by atoms with Crippen LogP contribution in [0.5, 0.6) is 0 Å². The summed E-state index contributed by atoms with van der Waals surface area (Å²) < 4.78 is 18.5. The molecule has 0 bridgehead atoms. The Hall–Kier alpha value is -3.77. The predicted molar refractivity (Wildman–Crippen MR) is 125 cm³/mol. The summed E-state index contributed by atoms with van der Waals surface area (Å²) in [5.41, 5.74) is 3.52. The van der Waals surface area contributed by atoms with Crippen molar-refractivity contribution in [2.75, 3.05) is 6.54 Å². The zero-order valence-electron chi connectivity index (χ0n) is 18.3. The zero-order chi connectivity index (χ0) is 22.9. The summed E-state index contributed by atoms with van der Waals surface area (Å²) in [4.78, 5) is 14.7. The molecule has 4 rings (SSSR count). The molecule has 0 unspecified atom stereocenters. The molecular formula is C27H26FN3O2. The molecule has 0 aliphatic carbocycles. The van der Waals surface area contributed by atoms with E-state index in [-0.39, 0.29) is 17.4 Å². The quantitative estimate of drug-likeness (QED) is 0.375. The largest absolute Gasteiger partial charge is 0.359 e. The molecule has 0 atom stereocenters. The molecule has 168 valence electrons. The first-order valence-corrected chi connectivity index (χ1v) is 10.9. The van der Waals surface area contributed by atoms with Gasteiger partial charge >= 0.3 is 0 Å². The number of hydrogen-bond donors (Lipinski definition) is 1. The molecule has 0 aliphatic rings. The van der Waals surface area contributed by atoms with E-state index in [0.29, 0.717) is 18.8 Å². The smallest absolute Gasteiger partial charge is 0.273 e. The molecule has 0 saturated carbocycles. The minimum Gasteiger partial charge on any atom is -0.359 e. The Kier molecular flexibility index (Phi) is 7.61. The highest BCUT2D eigenvalue weighted by Crippen LogP contribution is 2.13. The molecule has 5 nitrogen and oxygen atoms in total. The molecule has 3 aromatic carbocycles. The fourth-order valence-electron chi connectivity index (χ4n) is 3.58. The van der Waals surface area contributed by atoms with E-state index in [1.54, 1.807) is 18.2 Å². The topological polar surface area (TPSA) is 58.4 Å². The van der Waals surface area contributed by atoms with Crippen molar-refractivity contribution in [3.8, 4) is 0 Å². The highest BCUT2D eigenvalue weighted by atomic mass is 19.1. The summed E-state index contributed by atoms with van der Waals surface area (Å²) in [6, 6.07) is 28.3. The van der Waals surface area contributed by atoms with Gasteiger partial charge in [0.2, 0.25) is 0 Å². The van der Waals surface area contributed by atoms with Crippen molar-refractivity contribution in [2.24, 2.45) is 0 Å². The van der Waals surface area contributed by atoms with E-state index < -0.39 is 0 Å². The first kappa shape index (κ1) is 22.4. The maximum absolute atomic E-state index is 13.0.